The molecule has 0 saturated heterocycles. The molecule has 0 saturated carbocycles. The maximum atomic E-state index is 12.4. The molecule has 0 aliphatic carbocycles. The van der Waals surface area contributed by atoms with Crippen molar-refractivity contribution >= 4 is 23.5 Å². The highest BCUT2D eigenvalue weighted by atomic mass is 32.2. The van der Waals surface area contributed by atoms with Crippen LogP contribution in [0.15, 0.2) is 88.7 Å². The average molecular weight is 442 g/mol. The highest BCUT2D eigenvalue weighted by Crippen LogP contribution is 2.25. The Morgan fingerprint density at radius 1 is 1.06 bits per heavy atom. The van der Waals surface area contributed by atoms with E-state index in [4.69, 9.17) is 0 Å². The second-order valence-electron chi connectivity index (χ2n) is 6.85. The molecule has 7 nitrogen and oxygen atoms in total. The topological polar surface area (TPSA) is 104 Å². The van der Waals surface area contributed by atoms with Crippen LogP contribution < -0.4 is 10.9 Å². The van der Waals surface area contributed by atoms with E-state index in [-0.39, 0.29) is 17.9 Å². The number of amides is 1. The fourth-order valence-corrected chi connectivity index (χ4v) is 4.00. The molecule has 8 heteroatoms. The van der Waals surface area contributed by atoms with Crippen molar-refractivity contribution in [1.82, 2.24) is 14.8 Å². The number of H-pyrrole nitrogens is 1. The molecule has 0 atom stereocenters. The first-order valence-corrected chi connectivity index (χ1v) is 10.9. The summed E-state index contributed by atoms with van der Waals surface area (Å²) in [6.07, 6.45) is 0.200. The van der Waals surface area contributed by atoms with E-state index in [1.807, 2.05) is 54.6 Å². The van der Waals surface area contributed by atoms with Crippen LogP contribution in [0, 0.1) is 11.3 Å². The first kappa shape index (κ1) is 21.2. The third-order valence-corrected chi connectivity index (χ3v) is 5.62. The van der Waals surface area contributed by atoms with E-state index in [2.05, 4.69) is 21.5 Å². The summed E-state index contributed by atoms with van der Waals surface area (Å²) in [4.78, 5) is 29.1. The number of carbonyl (C=O) groups is 1. The molecule has 4 rings (SSSR count). The number of aromatic amines is 1. The number of nitriles is 1. The van der Waals surface area contributed by atoms with Gasteiger partial charge in [-0.25, -0.2) is 9.67 Å². The number of hydrogen-bond acceptors (Lipinski definition) is 5. The van der Waals surface area contributed by atoms with E-state index in [0.29, 0.717) is 27.8 Å². The number of benzene rings is 2. The molecule has 0 bridgehead atoms. The Hall–Kier alpha value is -4.09. The fraction of sp³-hybridized carbons (Fsp3) is 0.0833. The molecule has 0 fully saturated rings. The number of nitrogens with zero attached hydrogens (tertiary/aromatic N) is 3. The van der Waals surface area contributed by atoms with Crippen molar-refractivity contribution < 1.29 is 4.79 Å². The van der Waals surface area contributed by atoms with Crippen LogP contribution in [-0.2, 0) is 4.79 Å². The van der Waals surface area contributed by atoms with E-state index in [9.17, 15) is 14.9 Å². The minimum absolute atomic E-state index is 0.200. The van der Waals surface area contributed by atoms with E-state index in [1.54, 1.807) is 18.2 Å². The lowest BCUT2D eigenvalue weighted by atomic mass is 10.1. The molecule has 2 aromatic carbocycles. The second-order valence-corrected chi connectivity index (χ2v) is 7.94. The van der Waals surface area contributed by atoms with Crippen molar-refractivity contribution in [1.29, 1.82) is 5.26 Å². The van der Waals surface area contributed by atoms with Crippen LogP contribution in [0.3, 0.4) is 0 Å². The number of hydrogen-bond donors (Lipinski definition) is 2. The fourth-order valence-electron chi connectivity index (χ4n) is 3.09. The molecule has 0 aliphatic heterocycles. The lowest BCUT2D eigenvalue weighted by Crippen LogP contribution is -2.14. The molecule has 0 unspecified atom stereocenters. The minimum Gasteiger partial charge on any atom is -0.311 e. The van der Waals surface area contributed by atoms with Gasteiger partial charge in [0.25, 0.3) is 5.56 Å². The Labute approximate surface area is 188 Å². The van der Waals surface area contributed by atoms with Gasteiger partial charge >= 0.3 is 0 Å². The van der Waals surface area contributed by atoms with Crippen LogP contribution in [0.2, 0.25) is 0 Å². The summed E-state index contributed by atoms with van der Waals surface area (Å²) in [6.45, 7) is 0. The molecule has 0 spiro atoms. The van der Waals surface area contributed by atoms with E-state index in [1.165, 1.54) is 22.5 Å². The first-order chi connectivity index (χ1) is 15.6. The van der Waals surface area contributed by atoms with Gasteiger partial charge in [0.1, 0.15) is 16.9 Å². The Balaban J connectivity index is 1.38. The number of carbonyl (C=O) groups excluding carboxylic acids is 1. The quantitative estimate of drug-likeness (QED) is 0.418. The Bertz CT molecular complexity index is 1320. The Kier molecular flexibility index (Phi) is 6.49. The van der Waals surface area contributed by atoms with E-state index >= 15 is 0 Å². The van der Waals surface area contributed by atoms with Crippen LogP contribution >= 0.6 is 11.8 Å². The van der Waals surface area contributed by atoms with Gasteiger partial charge in [0.05, 0.1) is 16.9 Å². The predicted molar refractivity (Wildman–Crippen MR) is 125 cm³/mol. The van der Waals surface area contributed by atoms with Crippen LogP contribution in [0.5, 0.6) is 0 Å². The number of nitrogens with one attached hydrogen (secondary N) is 2. The molecule has 32 heavy (non-hydrogen) atoms. The zero-order valence-electron chi connectivity index (χ0n) is 17.0. The number of pyridine rings is 1. The van der Waals surface area contributed by atoms with Gasteiger partial charge in [0.15, 0.2) is 0 Å². The Morgan fingerprint density at radius 2 is 1.78 bits per heavy atom. The monoisotopic (exact) mass is 441 g/mol. The Morgan fingerprint density at radius 3 is 2.50 bits per heavy atom. The van der Waals surface area contributed by atoms with Crippen molar-refractivity contribution in [2.75, 3.05) is 11.1 Å². The number of aromatic nitrogens is 3. The molecular weight excluding hydrogens is 422 g/mol. The summed E-state index contributed by atoms with van der Waals surface area (Å²) < 4.78 is 1.36. The highest BCUT2D eigenvalue weighted by Gasteiger charge is 2.11. The lowest BCUT2D eigenvalue weighted by molar-refractivity contribution is -0.115. The third kappa shape index (κ3) is 4.96. The number of anilines is 1. The zero-order valence-corrected chi connectivity index (χ0v) is 17.8. The van der Waals surface area contributed by atoms with Crippen LogP contribution in [0.1, 0.15) is 12.0 Å². The van der Waals surface area contributed by atoms with Gasteiger partial charge in [-0.15, -0.1) is 11.8 Å². The second kappa shape index (κ2) is 9.81. The third-order valence-electron chi connectivity index (χ3n) is 4.63. The normalized spacial score (nSPS) is 10.5. The maximum Gasteiger partial charge on any atom is 0.273 e. The molecule has 0 aliphatic rings. The molecule has 0 radical (unpaired) electrons. The summed E-state index contributed by atoms with van der Waals surface area (Å²) >= 11 is 1.35. The molecule has 2 N–H and O–H groups in total. The minimum atomic E-state index is -0.263. The van der Waals surface area contributed by atoms with Crippen molar-refractivity contribution in [3.8, 4) is 23.0 Å². The summed E-state index contributed by atoms with van der Waals surface area (Å²) in [5, 5.41) is 15.6. The zero-order chi connectivity index (χ0) is 22.3. The van der Waals surface area contributed by atoms with Crippen LogP contribution in [-0.4, -0.2) is 26.4 Å². The summed E-state index contributed by atoms with van der Waals surface area (Å²) in [7, 11) is 0. The first-order valence-electron chi connectivity index (χ1n) is 9.91. The standard InChI is InChI=1S/C24H19N5O2S/c25-16-18-11-12-20(17-7-3-1-4-8-17)26-24(18)32-14-13-22(30)27-21-15-23(31)29(28-21)19-9-5-2-6-10-19/h1-12,15,28H,13-14H2,(H,27,30). The number of para-hydroxylation sites is 1. The maximum absolute atomic E-state index is 12.4. The summed E-state index contributed by atoms with van der Waals surface area (Å²) in [6, 6.07) is 25.9. The molecule has 2 aromatic heterocycles. The van der Waals surface area contributed by atoms with E-state index in [0.717, 1.165) is 11.3 Å². The van der Waals surface area contributed by atoms with Gasteiger partial charge < -0.3 is 5.32 Å². The molecular formula is C24H19N5O2S. The van der Waals surface area contributed by atoms with Crippen molar-refractivity contribution in [2.45, 2.75) is 11.4 Å². The summed E-state index contributed by atoms with van der Waals surface area (Å²) in [5.74, 6) is 0.530. The predicted octanol–water partition coefficient (Wildman–Crippen LogP) is 4.22. The van der Waals surface area contributed by atoms with Gasteiger partial charge in [0.2, 0.25) is 5.91 Å². The van der Waals surface area contributed by atoms with Gasteiger partial charge in [-0.3, -0.25) is 14.7 Å². The summed E-state index contributed by atoms with van der Waals surface area (Å²) in [5.41, 5.74) is 2.63. The molecule has 1 amide bonds. The van der Waals surface area contributed by atoms with Crippen molar-refractivity contribution in [3.63, 3.8) is 0 Å². The van der Waals surface area contributed by atoms with Gasteiger partial charge in [-0.05, 0) is 24.3 Å². The van der Waals surface area contributed by atoms with Crippen molar-refractivity contribution in [3.05, 3.63) is 94.8 Å². The highest BCUT2D eigenvalue weighted by molar-refractivity contribution is 7.99. The smallest absolute Gasteiger partial charge is 0.273 e. The molecule has 4 aromatic rings. The molecule has 158 valence electrons. The number of thioether (sulfide) groups is 1. The van der Waals surface area contributed by atoms with Crippen LogP contribution in [0.4, 0.5) is 5.82 Å². The van der Waals surface area contributed by atoms with Gasteiger partial charge in [-0.1, -0.05) is 48.5 Å². The number of rotatable bonds is 7. The lowest BCUT2D eigenvalue weighted by Gasteiger charge is -2.07. The largest absolute Gasteiger partial charge is 0.311 e. The van der Waals surface area contributed by atoms with E-state index < -0.39 is 0 Å². The molecule has 2 heterocycles. The SMILES string of the molecule is N#Cc1ccc(-c2ccccc2)nc1SCCC(=O)Nc1cc(=O)n(-c2ccccc2)[nH]1. The van der Waals surface area contributed by atoms with Crippen molar-refractivity contribution in [2.24, 2.45) is 0 Å². The van der Waals surface area contributed by atoms with Gasteiger partial charge in [-0.2, -0.15) is 5.26 Å². The average Bonchev–Trinajstić information content (AvgIpc) is 3.19. The van der Waals surface area contributed by atoms with Crippen LogP contribution in [0.25, 0.3) is 16.9 Å². The van der Waals surface area contributed by atoms with Gasteiger partial charge in [0, 0.05) is 23.8 Å².